The molecule has 0 radical (unpaired) electrons. The highest BCUT2D eigenvalue weighted by atomic mass is 16.5. The van der Waals surface area contributed by atoms with Gasteiger partial charge in [-0.3, -0.25) is 4.79 Å². The number of nitrogens with one attached hydrogen (secondary N) is 1. The molecular formula is C12H24N2O5. The molecule has 2 amide bonds. The van der Waals surface area contributed by atoms with E-state index in [9.17, 15) is 9.59 Å². The van der Waals surface area contributed by atoms with E-state index in [0.29, 0.717) is 19.6 Å². The van der Waals surface area contributed by atoms with E-state index in [-0.39, 0.29) is 25.7 Å². The molecule has 0 saturated heterocycles. The molecule has 7 nitrogen and oxygen atoms in total. The van der Waals surface area contributed by atoms with Crippen LogP contribution in [0.15, 0.2) is 0 Å². The van der Waals surface area contributed by atoms with Crippen LogP contribution in [-0.2, 0) is 9.53 Å². The minimum Gasteiger partial charge on any atom is -0.481 e. The molecule has 0 bridgehead atoms. The SMILES string of the molecule is CN(CCOCCO)C(=O)NC(C)(C)CCC(=O)O. The summed E-state index contributed by atoms with van der Waals surface area (Å²) >= 11 is 0. The van der Waals surface area contributed by atoms with E-state index < -0.39 is 11.5 Å². The molecule has 0 aromatic rings. The summed E-state index contributed by atoms with van der Waals surface area (Å²) in [4.78, 5) is 23.8. The molecule has 112 valence electrons. The van der Waals surface area contributed by atoms with E-state index in [4.69, 9.17) is 14.9 Å². The van der Waals surface area contributed by atoms with Crippen molar-refractivity contribution in [3.8, 4) is 0 Å². The molecule has 0 aliphatic heterocycles. The summed E-state index contributed by atoms with van der Waals surface area (Å²) in [6.07, 6.45) is 0.375. The van der Waals surface area contributed by atoms with Crippen molar-refractivity contribution in [3.63, 3.8) is 0 Å². The maximum atomic E-state index is 11.8. The molecule has 0 aliphatic carbocycles. The third-order valence-electron chi connectivity index (χ3n) is 2.56. The second-order valence-corrected chi connectivity index (χ2v) is 4.97. The maximum Gasteiger partial charge on any atom is 0.317 e. The predicted molar refractivity (Wildman–Crippen MR) is 70.0 cm³/mol. The second kappa shape index (κ2) is 8.71. The van der Waals surface area contributed by atoms with E-state index in [2.05, 4.69) is 5.32 Å². The van der Waals surface area contributed by atoms with Crippen LogP contribution in [0.25, 0.3) is 0 Å². The van der Waals surface area contributed by atoms with Crippen LogP contribution in [0.4, 0.5) is 4.79 Å². The third-order valence-corrected chi connectivity index (χ3v) is 2.56. The van der Waals surface area contributed by atoms with Crippen molar-refractivity contribution in [1.82, 2.24) is 10.2 Å². The van der Waals surface area contributed by atoms with Crippen molar-refractivity contribution in [3.05, 3.63) is 0 Å². The summed E-state index contributed by atoms with van der Waals surface area (Å²) < 4.78 is 5.06. The Bertz CT molecular complexity index is 294. The van der Waals surface area contributed by atoms with Crippen LogP contribution >= 0.6 is 0 Å². The number of hydrogen-bond acceptors (Lipinski definition) is 4. The number of aliphatic hydroxyl groups is 1. The number of aliphatic hydroxyl groups excluding tert-OH is 1. The van der Waals surface area contributed by atoms with Crippen molar-refractivity contribution < 1.29 is 24.5 Å². The van der Waals surface area contributed by atoms with Crippen LogP contribution in [0.3, 0.4) is 0 Å². The van der Waals surface area contributed by atoms with E-state index in [1.165, 1.54) is 4.90 Å². The molecule has 7 heteroatoms. The van der Waals surface area contributed by atoms with E-state index >= 15 is 0 Å². The van der Waals surface area contributed by atoms with Gasteiger partial charge in [0, 0.05) is 25.6 Å². The Morgan fingerprint density at radius 2 is 1.95 bits per heavy atom. The van der Waals surface area contributed by atoms with Gasteiger partial charge in [-0.15, -0.1) is 0 Å². The Hall–Kier alpha value is -1.34. The van der Waals surface area contributed by atoms with Gasteiger partial charge in [0.1, 0.15) is 0 Å². The summed E-state index contributed by atoms with van der Waals surface area (Å²) in [5.41, 5.74) is -0.574. The summed E-state index contributed by atoms with van der Waals surface area (Å²) in [5.74, 6) is -0.881. The quantitative estimate of drug-likeness (QED) is 0.525. The van der Waals surface area contributed by atoms with Gasteiger partial charge in [0.25, 0.3) is 0 Å². The monoisotopic (exact) mass is 276 g/mol. The molecule has 0 heterocycles. The molecule has 0 rings (SSSR count). The van der Waals surface area contributed by atoms with Crippen LogP contribution in [0.1, 0.15) is 26.7 Å². The fourth-order valence-electron chi connectivity index (χ4n) is 1.34. The molecule has 0 saturated carbocycles. The summed E-state index contributed by atoms with van der Waals surface area (Å²) in [6.45, 7) is 4.52. The van der Waals surface area contributed by atoms with Crippen molar-refractivity contribution in [2.45, 2.75) is 32.2 Å². The lowest BCUT2D eigenvalue weighted by molar-refractivity contribution is -0.137. The number of carbonyl (C=O) groups excluding carboxylic acids is 1. The maximum absolute atomic E-state index is 11.8. The normalized spacial score (nSPS) is 11.2. The molecule has 0 spiro atoms. The van der Waals surface area contributed by atoms with Crippen LogP contribution < -0.4 is 5.32 Å². The number of ether oxygens (including phenoxy) is 1. The lowest BCUT2D eigenvalue weighted by Gasteiger charge is -2.29. The number of likely N-dealkylation sites (N-methyl/N-ethyl adjacent to an activating group) is 1. The molecule has 0 aromatic carbocycles. The van der Waals surface area contributed by atoms with Gasteiger partial charge in [0.15, 0.2) is 0 Å². The lowest BCUT2D eigenvalue weighted by atomic mass is 9.99. The molecule has 0 fully saturated rings. The number of hydrogen-bond donors (Lipinski definition) is 3. The van der Waals surface area contributed by atoms with Crippen LogP contribution in [-0.4, -0.2) is 66.1 Å². The van der Waals surface area contributed by atoms with Gasteiger partial charge in [0.05, 0.1) is 19.8 Å². The van der Waals surface area contributed by atoms with Crippen molar-refractivity contribution in [1.29, 1.82) is 0 Å². The number of urea groups is 1. The average molecular weight is 276 g/mol. The van der Waals surface area contributed by atoms with Gasteiger partial charge in [-0.1, -0.05) is 0 Å². The summed E-state index contributed by atoms with van der Waals surface area (Å²) in [6, 6.07) is -0.275. The smallest absolute Gasteiger partial charge is 0.317 e. The lowest BCUT2D eigenvalue weighted by Crippen LogP contribution is -2.49. The van der Waals surface area contributed by atoms with Gasteiger partial charge in [-0.2, -0.15) is 0 Å². The summed E-state index contributed by atoms with van der Waals surface area (Å²) in [5, 5.41) is 19.9. The molecule has 0 aromatic heterocycles. The van der Waals surface area contributed by atoms with Crippen molar-refractivity contribution in [2.75, 3.05) is 33.4 Å². The molecule has 3 N–H and O–H groups in total. The number of rotatable bonds is 9. The minimum atomic E-state index is -0.881. The third kappa shape index (κ3) is 9.26. The largest absolute Gasteiger partial charge is 0.481 e. The first-order chi connectivity index (χ1) is 8.78. The highest BCUT2D eigenvalue weighted by Crippen LogP contribution is 2.11. The van der Waals surface area contributed by atoms with Crippen LogP contribution in [0.5, 0.6) is 0 Å². The zero-order valence-corrected chi connectivity index (χ0v) is 11.8. The molecule has 19 heavy (non-hydrogen) atoms. The zero-order valence-electron chi connectivity index (χ0n) is 11.8. The molecule has 0 aliphatic rings. The van der Waals surface area contributed by atoms with Gasteiger partial charge in [-0.05, 0) is 20.3 Å². The van der Waals surface area contributed by atoms with Gasteiger partial charge >= 0.3 is 12.0 Å². The van der Waals surface area contributed by atoms with Crippen molar-refractivity contribution in [2.24, 2.45) is 0 Å². The van der Waals surface area contributed by atoms with E-state index in [1.807, 2.05) is 0 Å². The highest BCUT2D eigenvalue weighted by molar-refractivity contribution is 5.74. The second-order valence-electron chi connectivity index (χ2n) is 4.97. The number of aliphatic carboxylic acids is 1. The Morgan fingerprint density at radius 3 is 2.47 bits per heavy atom. The zero-order chi connectivity index (χ0) is 14.9. The standard InChI is InChI=1S/C12H24N2O5/c1-12(2,5-4-10(16)17)13-11(18)14(3)6-8-19-9-7-15/h15H,4-9H2,1-3H3,(H,13,18)(H,16,17). The summed E-state index contributed by atoms with van der Waals surface area (Å²) in [7, 11) is 1.63. The molecule has 0 atom stereocenters. The first-order valence-corrected chi connectivity index (χ1v) is 6.22. The Morgan fingerprint density at radius 1 is 1.32 bits per heavy atom. The van der Waals surface area contributed by atoms with Crippen LogP contribution in [0.2, 0.25) is 0 Å². The van der Waals surface area contributed by atoms with E-state index in [1.54, 1.807) is 20.9 Å². The average Bonchev–Trinajstić information content (AvgIpc) is 2.31. The van der Waals surface area contributed by atoms with Gasteiger partial charge < -0.3 is 25.2 Å². The number of amides is 2. The fraction of sp³-hybridized carbons (Fsp3) is 0.833. The first kappa shape index (κ1) is 17.7. The van der Waals surface area contributed by atoms with Crippen LogP contribution in [0, 0.1) is 0 Å². The van der Waals surface area contributed by atoms with E-state index in [0.717, 1.165) is 0 Å². The fourth-order valence-corrected chi connectivity index (χ4v) is 1.34. The Labute approximate surface area is 113 Å². The van der Waals surface area contributed by atoms with Gasteiger partial charge in [0.2, 0.25) is 0 Å². The number of carboxylic acid groups (broad SMARTS) is 1. The topological polar surface area (TPSA) is 99.1 Å². The highest BCUT2D eigenvalue weighted by Gasteiger charge is 2.23. The number of nitrogens with zero attached hydrogens (tertiary/aromatic N) is 1. The van der Waals surface area contributed by atoms with Crippen molar-refractivity contribution >= 4 is 12.0 Å². The molecule has 0 unspecified atom stereocenters. The number of carboxylic acids is 1. The predicted octanol–water partition coefficient (Wildman–Crippen LogP) is 0.280. The minimum absolute atomic E-state index is 0.0105. The van der Waals surface area contributed by atoms with Gasteiger partial charge in [-0.25, -0.2) is 4.79 Å². The molecular weight excluding hydrogens is 252 g/mol. The Balaban J connectivity index is 4.01. The Kier molecular flexibility index (Phi) is 8.09. The number of carbonyl (C=O) groups is 2. The first-order valence-electron chi connectivity index (χ1n) is 6.22.